The summed E-state index contributed by atoms with van der Waals surface area (Å²) in [6.45, 7) is 8.07. The van der Waals surface area contributed by atoms with Crippen LogP contribution < -0.4 is 15.0 Å². The zero-order chi connectivity index (χ0) is 22.7. The number of halogens is 1. The summed E-state index contributed by atoms with van der Waals surface area (Å²) in [5.74, 6) is 0.430. The fraction of sp³-hybridized carbons (Fsp3) is 0.545. The van der Waals surface area contributed by atoms with Gasteiger partial charge in [0.1, 0.15) is 6.10 Å². The first-order valence-corrected chi connectivity index (χ1v) is 10.7. The highest BCUT2D eigenvalue weighted by Crippen LogP contribution is 2.32. The molecule has 1 aliphatic heterocycles. The van der Waals surface area contributed by atoms with Crippen molar-refractivity contribution in [2.45, 2.75) is 39.5 Å². The van der Waals surface area contributed by atoms with Gasteiger partial charge in [0.15, 0.2) is 0 Å². The van der Waals surface area contributed by atoms with Gasteiger partial charge in [-0.3, -0.25) is 4.79 Å². The molecule has 170 valence electrons. The monoisotopic (exact) mass is 450 g/mol. The average Bonchev–Trinajstić information content (AvgIpc) is 3.32. The highest BCUT2D eigenvalue weighted by atomic mass is 35.5. The zero-order valence-corrected chi connectivity index (χ0v) is 19.7. The lowest BCUT2D eigenvalue weighted by atomic mass is 10.0. The number of ether oxygens (including phenoxy) is 3. The van der Waals surface area contributed by atoms with E-state index in [0.717, 1.165) is 29.1 Å². The molecule has 3 rings (SSSR count). The Morgan fingerprint density at radius 2 is 2.10 bits per heavy atom. The van der Waals surface area contributed by atoms with Crippen LogP contribution in [0.3, 0.4) is 0 Å². The van der Waals surface area contributed by atoms with Crippen LogP contribution in [0.25, 0.3) is 0 Å². The fourth-order valence-corrected chi connectivity index (χ4v) is 4.44. The Morgan fingerprint density at radius 3 is 2.74 bits per heavy atom. The maximum atomic E-state index is 13.1. The normalized spacial score (nSPS) is 18.3. The molecule has 9 heteroatoms. The predicted molar refractivity (Wildman–Crippen MR) is 120 cm³/mol. The van der Waals surface area contributed by atoms with Gasteiger partial charge in [-0.2, -0.15) is 5.10 Å². The summed E-state index contributed by atoms with van der Waals surface area (Å²) in [7, 11) is 5.09. The second-order valence-corrected chi connectivity index (χ2v) is 8.08. The molecule has 0 unspecified atom stereocenters. The number of carbonyl (C=O) groups is 1. The summed E-state index contributed by atoms with van der Waals surface area (Å²) in [6, 6.07) is 3.66. The Labute approximate surface area is 188 Å². The van der Waals surface area contributed by atoms with Crippen LogP contribution in [0.2, 0.25) is 5.02 Å². The number of hydrogen-bond donors (Lipinski definition) is 1. The lowest BCUT2D eigenvalue weighted by Crippen LogP contribution is -2.44. The van der Waals surface area contributed by atoms with Crippen LogP contribution in [0.4, 0.5) is 5.69 Å². The van der Waals surface area contributed by atoms with Crippen molar-refractivity contribution in [2.75, 3.05) is 38.9 Å². The molecule has 2 atom stereocenters. The van der Waals surface area contributed by atoms with Crippen molar-refractivity contribution in [1.29, 1.82) is 0 Å². The van der Waals surface area contributed by atoms with Crippen LogP contribution in [-0.2, 0) is 23.1 Å². The van der Waals surface area contributed by atoms with Crippen molar-refractivity contribution in [3.8, 4) is 5.88 Å². The Kier molecular flexibility index (Phi) is 7.46. The van der Waals surface area contributed by atoms with Crippen LogP contribution in [0.1, 0.15) is 34.1 Å². The highest BCUT2D eigenvalue weighted by molar-refractivity contribution is 6.31. The van der Waals surface area contributed by atoms with E-state index >= 15 is 0 Å². The Balaban J connectivity index is 1.87. The number of carbonyl (C=O) groups excluding carboxylic acids is 1. The minimum absolute atomic E-state index is 0.0309. The van der Waals surface area contributed by atoms with Crippen molar-refractivity contribution in [3.05, 3.63) is 39.5 Å². The standard InChI is InChI=1S/C22H31ClN4O4/c1-7-27(19-11-31-12-20(19)29-5)18-9-15(23)8-16(13(18)2)21(28)24-10-17-14(3)25-26(4)22(17)30-6/h8-9,19-20H,7,10-12H2,1-6H3,(H,24,28)/t19-,20-/m0/s1. The number of hydrogen-bond acceptors (Lipinski definition) is 6. The van der Waals surface area contributed by atoms with Crippen molar-refractivity contribution in [3.63, 3.8) is 0 Å². The summed E-state index contributed by atoms with van der Waals surface area (Å²) in [5.41, 5.74) is 3.97. The molecule has 2 heterocycles. The first kappa shape index (κ1) is 23.4. The molecule has 0 radical (unpaired) electrons. The van der Waals surface area contributed by atoms with Crippen molar-refractivity contribution in [1.82, 2.24) is 15.1 Å². The topological polar surface area (TPSA) is 77.9 Å². The SMILES string of the molecule is CCN(c1cc(Cl)cc(C(=O)NCc2c(C)nn(C)c2OC)c1C)[C@H]1COC[C@@H]1OC. The molecular formula is C22H31ClN4O4. The van der Waals surface area contributed by atoms with Gasteiger partial charge in [0.25, 0.3) is 5.91 Å². The molecule has 2 aromatic rings. The van der Waals surface area contributed by atoms with E-state index in [0.29, 0.717) is 36.2 Å². The number of methoxy groups -OCH3 is 2. The smallest absolute Gasteiger partial charge is 0.251 e. The molecule has 1 fully saturated rings. The molecule has 1 amide bonds. The van der Waals surface area contributed by atoms with Crippen molar-refractivity contribution >= 4 is 23.2 Å². The number of anilines is 1. The maximum absolute atomic E-state index is 13.1. The second kappa shape index (κ2) is 9.89. The summed E-state index contributed by atoms with van der Waals surface area (Å²) in [5, 5.41) is 7.85. The van der Waals surface area contributed by atoms with Gasteiger partial charge in [-0.1, -0.05) is 11.6 Å². The largest absolute Gasteiger partial charge is 0.481 e. The Bertz CT molecular complexity index is 946. The van der Waals surface area contributed by atoms with Gasteiger partial charge in [-0.15, -0.1) is 0 Å². The van der Waals surface area contributed by atoms with Gasteiger partial charge in [-0.05, 0) is 38.5 Å². The number of nitrogens with one attached hydrogen (secondary N) is 1. The van der Waals surface area contributed by atoms with Gasteiger partial charge in [0.2, 0.25) is 5.88 Å². The van der Waals surface area contributed by atoms with Crippen LogP contribution in [-0.4, -0.2) is 61.8 Å². The molecule has 31 heavy (non-hydrogen) atoms. The quantitative estimate of drug-likeness (QED) is 0.666. The van der Waals surface area contributed by atoms with Crippen molar-refractivity contribution < 1.29 is 19.0 Å². The first-order chi connectivity index (χ1) is 14.8. The molecule has 1 N–H and O–H groups in total. The third-order valence-electron chi connectivity index (χ3n) is 5.85. The van der Waals surface area contributed by atoms with Crippen LogP contribution in [0.5, 0.6) is 5.88 Å². The average molecular weight is 451 g/mol. The van der Waals surface area contributed by atoms with E-state index < -0.39 is 0 Å². The van der Waals surface area contributed by atoms with E-state index in [9.17, 15) is 4.79 Å². The van der Waals surface area contributed by atoms with Crippen LogP contribution >= 0.6 is 11.6 Å². The number of rotatable bonds is 8. The van der Waals surface area contributed by atoms with E-state index in [2.05, 4.69) is 22.2 Å². The maximum Gasteiger partial charge on any atom is 0.251 e. The zero-order valence-electron chi connectivity index (χ0n) is 19.0. The first-order valence-electron chi connectivity index (χ1n) is 10.3. The van der Waals surface area contributed by atoms with Gasteiger partial charge in [0, 0.05) is 37.0 Å². The molecule has 1 aromatic heterocycles. The Hall–Kier alpha value is -2.29. The van der Waals surface area contributed by atoms with E-state index in [-0.39, 0.29) is 18.1 Å². The molecule has 0 spiro atoms. The van der Waals surface area contributed by atoms with E-state index in [1.807, 2.05) is 27.0 Å². The molecule has 0 aliphatic carbocycles. The minimum atomic E-state index is -0.200. The number of aryl methyl sites for hydroxylation is 2. The van der Waals surface area contributed by atoms with E-state index in [4.69, 9.17) is 25.8 Å². The minimum Gasteiger partial charge on any atom is -0.481 e. The van der Waals surface area contributed by atoms with E-state index in [1.54, 1.807) is 25.0 Å². The summed E-state index contributed by atoms with van der Waals surface area (Å²) in [6.07, 6.45) is -0.0309. The predicted octanol–water partition coefficient (Wildman–Crippen LogP) is 2.87. The van der Waals surface area contributed by atoms with Crippen LogP contribution in [0, 0.1) is 13.8 Å². The molecule has 0 saturated carbocycles. The van der Waals surface area contributed by atoms with Gasteiger partial charge in [-0.25, -0.2) is 4.68 Å². The number of amides is 1. The van der Waals surface area contributed by atoms with Crippen molar-refractivity contribution in [2.24, 2.45) is 7.05 Å². The third-order valence-corrected chi connectivity index (χ3v) is 6.07. The van der Waals surface area contributed by atoms with Crippen LogP contribution in [0.15, 0.2) is 12.1 Å². The van der Waals surface area contributed by atoms with E-state index in [1.165, 1.54) is 0 Å². The lowest BCUT2D eigenvalue weighted by molar-refractivity contribution is 0.0768. The Morgan fingerprint density at radius 1 is 1.35 bits per heavy atom. The molecule has 1 saturated heterocycles. The molecule has 0 bridgehead atoms. The van der Waals surface area contributed by atoms with Gasteiger partial charge >= 0.3 is 0 Å². The summed E-state index contributed by atoms with van der Waals surface area (Å²) < 4.78 is 18.3. The van der Waals surface area contributed by atoms with Gasteiger partial charge in [0.05, 0.1) is 44.2 Å². The lowest BCUT2D eigenvalue weighted by Gasteiger charge is -2.34. The molecular weight excluding hydrogens is 420 g/mol. The van der Waals surface area contributed by atoms with Gasteiger partial charge < -0.3 is 24.4 Å². The second-order valence-electron chi connectivity index (χ2n) is 7.64. The molecule has 8 nitrogen and oxygen atoms in total. The number of benzene rings is 1. The summed E-state index contributed by atoms with van der Waals surface area (Å²) in [4.78, 5) is 15.3. The number of nitrogens with zero attached hydrogens (tertiary/aromatic N) is 3. The number of aromatic nitrogens is 2. The third kappa shape index (κ3) is 4.66. The molecule has 1 aliphatic rings. The number of likely N-dealkylation sites (N-methyl/N-ethyl adjacent to an activating group) is 1. The molecule has 1 aromatic carbocycles. The fourth-order valence-electron chi connectivity index (χ4n) is 4.23. The highest BCUT2D eigenvalue weighted by Gasteiger charge is 2.34. The summed E-state index contributed by atoms with van der Waals surface area (Å²) >= 11 is 6.43.